The van der Waals surface area contributed by atoms with Crippen molar-refractivity contribution in [2.45, 2.75) is 38.6 Å². The Morgan fingerprint density at radius 1 is 1.27 bits per heavy atom. The number of halogens is 3. The highest BCUT2D eigenvalue weighted by atomic mass is 19.4. The second-order valence-electron chi connectivity index (χ2n) is 8.16. The maximum absolute atomic E-state index is 14.1. The van der Waals surface area contributed by atoms with E-state index in [-0.39, 0.29) is 29.1 Å². The molecule has 1 aliphatic rings. The smallest absolute Gasteiger partial charge is 0.421 e. The zero-order chi connectivity index (χ0) is 23.2. The molecule has 0 aliphatic carbocycles. The van der Waals surface area contributed by atoms with Gasteiger partial charge in [0.2, 0.25) is 5.76 Å². The molecule has 1 amide bonds. The molecule has 4 aromatic rings. The summed E-state index contributed by atoms with van der Waals surface area (Å²) in [7, 11) is 0. The second-order valence-corrected chi connectivity index (χ2v) is 8.16. The highest BCUT2D eigenvalue weighted by molar-refractivity contribution is 6.09. The van der Waals surface area contributed by atoms with Crippen molar-refractivity contribution in [1.29, 1.82) is 0 Å². The molecule has 1 saturated heterocycles. The number of carbonyl (C=O) groups is 1. The number of pyridine rings is 1. The van der Waals surface area contributed by atoms with Crippen LogP contribution in [0.1, 0.15) is 40.2 Å². The molecule has 10 heteroatoms. The van der Waals surface area contributed by atoms with Crippen molar-refractivity contribution in [3.8, 4) is 0 Å². The average molecular weight is 458 g/mol. The third kappa shape index (κ3) is 4.18. The normalized spacial score (nSPS) is 16.7. The number of rotatable bonds is 5. The molecule has 5 rings (SSSR count). The van der Waals surface area contributed by atoms with E-state index in [2.05, 4.69) is 15.4 Å². The van der Waals surface area contributed by atoms with Gasteiger partial charge in [0.05, 0.1) is 18.0 Å². The lowest BCUT2D eigenvalue weighted by Crippen LogP contribution is -2.32. The van der Waals surface area contributed by atoms with Gasteiger partial charge in [0.1, 0.15) is 16.7 Å². The number of carbonyl (C=O) groups excluding carboxylic acids is 1. The molecular weight excluding hydrogens is 437 g/mol. The Bertz CT molecular complexity index is 1320. The number of nitrogens with one attached hydrogen (secondary N) is 1. The van der Waals surface area contributed by atoms with Gasteiger partial charge in [-0.05, 0) is 43.5 Å². The van der Waals surface area contributed by atoms with Gasteiger partial charge in [-0.25, -0.2) is 0 Å². The highest BCUT2D eigenvalue weighted by Gasteiger charge is 2.42. The van der Waals surface area contributed by atoms with Crippen LogP contribution in [0.15, 0.2) is 41.1 Å². The molecular formula is C23H21F3N4O3. The standard InChI is InChI=1S/C23H21F3N4O3/c1-13-4-5-14(9-27-13)11-30-12-15-6-7-17-18(20(15)29-30)19(23(24,25)26)21(33-17)22(31)28-10-16-3-2-8-32-16/h4-7,9,12,16H,2-3,8,10-11H2,1H3,(H,28,31)/t16-/m0/s1. The van der Waals surface area contributed by atoms with Crippen LogP contribution in [0.25, 0.3) is 21.9 Å². The van der Waals surface area contributed by atoms with Gasteiger partial charge in [-0.1, -0.05) is 6.07 Å². The molecule has 0 saturated carbocycles. The van der Waals surface area contributed by atoms with Crippen molar-refractivity contribution >= 4 is 27.8 Å². The minimum atomic E-state index is -4.80. The predicted molar refractivity (Wildman–Crippen MR) is 114 cm³/mol. The number of amides is 1. The van der Waals surface area contributed by atoms with E-state index in [0.29, 0.717) is 18.5 Å². The summed E-state index contributed by atoms with van der Waals surface area (Å²) >= 11 is 0. The number of aryl methyl sites for hydroxylation is 1. The summed E-state index contributed by atoms with van der Waals surface area (Å²) in [6, 6.07) is 6.81. The molecule has 0 bridgehead atoms. The molecule has 1 aliphatic heterocycles. The quantitative estimate of drug-likeness (QED) is 0.478. The van der Waals surface area contributed by atoms with E-state index in [1.807, 2.05) is 19.1 Å². The van der Waals surface area contributed by atoms with E-state index in [1.165, 1.54) is 6.07 Å². The van der Waals surface area contributed by atoms with Crippen molar-refractivity contribution in [1.82, 2.24) is 20.1 Å². The number of ether oxygens (including phenoxy) is 1. The molecule has 1 atom stereocenters. The van der Waals surface area contributed by atoms with Crippen LogP contribution in [0.2, 0.25) is 0 Å². The molecule has 3 aromatic heterocycles. The van der Waals surface area contributed by atoms with E-state index < -0.39 is 23.4 Å². The summed E-state index contributed by atoms with van der Waals surface area (Å²) in [6.07, 6.45) is -0.0300. The zero-order valence-corrected chi connectivity index (χ0v) is 17.8. The van der Waals surface area contributed by atoms with Gasteiger partial charge in [-0.3, -0.25) is 14.5 Å². The summed E-state index contributed by atoms with van der Waals surface area (Å²) < 4.78 is 54.8. The molecule has 7 nitrogen and oxygen atoms in total. The van der Waals surface area contributed by atoms with Crippen LogP contribution in [0.4, 0.5) is 13.2 Å². The third-order valence-corrected chi connectivity index (χ3v) is 5.70. The first-order valence-corrected chi connectivity index (χ1v) is 10.6. The summed E-state index contributed by atoms with van der Waals surface area (Å²) in [4.78, 5) is 16.9. The third-order valence-electron chi connectivity index (χ3n) is 5.70. The SMILES string of the molecule is Cc1ccc(Cn2cc3ccc4oc(C(=O)NC[C@@H]5CCCO5)c(C(F)(F)F)c4c3n2)cn1. The lowest BCUT2D eigenvalue weighted by molar-refractivity contribution is -0.137. The van der Waals surface area contributed by atoms with Crippen molar-refractivity contribution in [3.05, 3.63) is 59.2 Å². The topological polar surface area (TPSA) is 82.2 Å². The van der Waals surface area contributed by atoms with Crippen LogP contribution in [0.5, 0.6) is 0 Å². The van der Waals surface area contributed by atoms with Crippen LogP contribution in [0, 0.1) is 6.92 Å². The molecule has 4 heterocycles. The van der Waals surface area contributed by atoms with E-state index in [0.717, 1.165) is 24.1 Å². The van der Waals surface area contributed by atoms with Crippen molar-refractivity contribution in [3.63, 3.8) is 0 Å². The van der Waals surface area contributed by atoms with Crippen LogP contribution in [-0.4, -0.2) is 39.9 Å². The largest absolute Gasteiger partial charge is 0.450 e. The fourth-order valence-electron chi connectivity index (χ4n) is 4.10. The molecule has 0 unspecified atom stereocenters. The number of furan rings is 1. The number of alkyl halides is 3. The molecule has 1 N–H and O–H groups in total. The summed E-state index contributed by atoms with van der Waals surface area (Å²) in [5.74, 6) is -1.69. The fourth-order valence-corrected chi connectivity index (χ4v) is 4.10. The van der Waals surface area contributed by atoms with Gasteiger partial charge >= 0.3 is 6.18 Å². The Kier molecular flexibility index (Phi) is 5.32. The van der Waals surface area contributed by atoms with Crippen LogP contribution < -0.4 is 5.32 Å². The maximum Gasteiger partial charge on any atom is 0.421 e. The maximum atomic E-state index is 14.1. The lowest BCUT2D eigenvalue weighted by atomic mass is 10.1. The molecule has 172 valence electrons. The first kappa shape index (κ1) is 21.4. The van der Waals surface area contributed by atoms with Gasteiger partial charge < -0.3 is 14.5 Å². The Balaban J connectivity index is 1.54. The number of hydrogen-bond donors (Lipinski definition) is 1. The number of hydrogen-bond acceptors (Lipinski definition) is 5. The van der Waals surface area contributed by atoms with Crippen molar-refractivity contribution in [2.75, 3.05) is 13.2 Å². The van der Waals surface area contributed by atoms with Gasteiger partial charge in [-0.2, -0.15) is 18.3 Å². The van der Waals surface area contributed by atoms with E-state index in [4.69, 9.17) is 9.15 Å². The molecule has 0 radical (unpaired) electrons. The highest BCUT2D eigenvalue weighted by Crippen LogP contribution is 2.42. The Labute approximate surface area is 186 Å². The van der Waals surface area contributed by atoms with Gasteiger partial charge in [-0.15, -0.1) is 0 Å². The van der Waals surface area contributed by atoms with E-state index in [1.54, 1.807) is 23.1 Å². The van der Waals surface area contributed by atoms with Gasteiger partial charge in [0.25, 0.3) is 5.91 Å². The van der Waals surface area contributed by atoms with Gasteiger partial charge in [0.15, 0.2) is 0 Å². The molecule has 1 aromatic carbocycles. The minimum absolute atomic E-state index is 0.0423. The summed E-state index contributed by atoms with van der Waals surface area (Å²) in [5, 5.41) is 7.20. The Hall–Kier alpha value is -3.40. The summed E-state index contributed by atoms with van der Waals surface area (Å²) in [5.41, 5.74) is 0.697. The molecule has 33 heavy (non-hydrogen) atoms. The summed E-state index contributed by atoms with van der Waals surface area (Å²) in [6.45, 7) is 2.92. The Morgan fingerprint density at radius 3 is 2.82 bits per heavy atom. The second kappa shape index (κ2) is 8.18. The van der Waals surface area contributed by atoms with Crippen LogP contribution in [-0.2, 0) is 17.5 Å². The number of fused-ring (bicyclic) bond motifs is 3. The van der Waals surface area contributed by atoms with Gasteiger partial charge in [0, 0.05) is 36.6 Å². The monoisotopic (exact) mass is 458 g/mol. The van der Waals surface area contributed by atoms with Crippen molar-refractivity contribution in [2.24, 2.45) is 0 Å². The van der Waals surface area contributed by atoms with E-state index in [9.17, 15) is 18.0 Å². The predicted octanol–water partition coefficient (Wildman–Crippen LogP) is 4.46. The Morgan fingerprint density at radius 2 is 2.12 bits per heavy atom. The molecule has 1 fully saturated rings. The minimum Gasteiger partial charge on any atom is -0.450 e. The first-order chi connectivity index (χ1) is 15.8. The fraction of sp³-hybridized carbons (Fsp3) is 0.348. The first-order valence-electron chi connectivity index (χ1n) is 10.6. The molecule has 0 spiro atoms. The lowest BCUT2D eigenvalue weighted by Gasteiger charge is -2.11. The van der Waals surface area contributed by atoms with Crippen molar-refractivity contribution < 1.29 is 27.1 Å². The van der Waals surface area contributed by atoms with Crippen LogP contribution in [0.3, 0.4) is 0 Å². The number of benzene rings is 1. The average Bonchev–Trinajstić information content (AvgIpc) is 3.50. The van der Waals surface area contributed by atoms with Crippen LogP contribution >= 0.6 is 0 Å². The number of aromatic nitrogens is 3. The van der Waals surface area contributed by atoms with E-state index >= 15 is 0 Å². The number of nitrogens with zero attached hydrogens (tertiary/aromatic N) is 3. The zero-order valence-electron chi connectivity index (χ0n) is 17.8.